The zero-order valence-corrected chi connectivity index (χ0v) is 19.1. The maximum absolute atomic E-state index is 12.8. The van der Waals surface area contributed by atoms with E-state index >= 15 is 0 Å². The molecule has 4 aromatic rings. The molecule has 1 aromatic heterocycles. The van der Waals surface area contributed by atoms with E-state index in [1.165, 1.54) is 11.6 Å². The molecule has 0 spiro atoms. The van der Waals surface area contributed by atoms with Crippen molar-refractivity contribution in [1.82, 2.24) is 9.97 Å². The van der Waals surface area contributed by atoms with Crippen molar-refractivity contribution in [3.8, 4) is 0 Å². The van der Waals surface area contributed by atoms with Crippen molar-refractivity contribution in [2.75, 3.05) is 5.32 Å². The van der Waals surface area contributed by atoms with E-state index in [-0.39, 0.29) is 17.6 Å². The van der Waals surface area contributed by atoms with Gasteiger partial charge in [-0.05, 0) is 71.5 Å². The summed E-state index contributed by atoms with van der Waals surface area (Å²) >= 11 is 0. The summed E-state index contributed by atoms with van der Waals surface area (Å²) in [6.07, 6.45) is 4.22. The lowest BCUT2D eigenvalue weighted by Crippen LogP contribution is -2.13. The molecule has 5 heteroatoms. The van der Waals surface area contributed by atoms with Crippen molar-refractivity contribution in [2.45, 2.75) is 33.1 Å². The first-order valence-corrected chi connectivity index (χ1v) is 11.2. The Kier molecular flexibility index (Phi) is 6.50. The molecule has 0 saturated carbocycles. The third-order valence-electron chi connectivity index (χ3n) is 5.60. The molecule has 0 bridgehead atoms. The summed E-state index contributed by atoms with van der Waals surface area (Å²) in [5.41, 5.74) is 6.03. The number of anilines is 1. The largest absolute Gasteiger partial charge is 0.335 e. The molecule has 1 heterocycles. The first-order valence-electron chi connectivity index (χ1n) is 11.2. The summed E-state index contributed by atoms with van der Waals surface area (Å²) in [4.78, 5) is 32.9. The topological polar surface area (TPSA) is 74.8 Å². The molecule has 0 aliphatic carbocycles. The number of ketones is 1. The predicted molar refractivity (Wildman–Crippen MR) is 134 cm³/mol. The van der Waals surface area contributed by atoms with Crippen LogP contribution in [0.15, 0.2) is 72.8 Å². The number of H-pyrrole nitrogens is 1. The van der Waals surface area contributed by atoms with Gasteiger partial charge >= 0.3 is 0 Å². The van der Waals surface area contributed by atoms with Crippen LogP contribution in [0.2, 0.25) is 0 Å². The minimum atomic E-state index is -0.196. The normalized spacial score (nSPS) is 11.4. The van der Waals surface area contributed by atoms with Gasteiger partial charge in [-0.1, -0.05) is 57.2 Å². The smallest absolute Gasteiger partial charge is 0.255 e. The van der Waals surface area contributed by atoms with Gasteiger partial charge in [0, 0.05) is 11.3 Å². The Morgan fingerprint density at radius 3 is 2.61 bits per heavy atom. The van der Waals surface area contributed by atoms with Crippen LogP contribution in [0.3, 0.4) is 0 Å². The summed E-state index contributed by atoms with van der Waals surface area (Å²) in [7, 11) is 0. The number of carbonyl (C=O) groups excluding carboxylic acids is 2. The SMILES string of the molecule is CCc1cccc(NC(=O)c2ccc(C=CC(=O)c3nc4ccccc4[nH]3)c(C(C)C)c2)c1. The highest BCUT2D eigenvalue weighted by Crippen LogP contribution is 2.24. The van der Waals surface area contributed by atoms with Gasteiger partial charge in [0.05, 0.1) is 11.0 Å². The number of nitrogens with zero attached hydrogens (tertiary/aromatic N) is 1. The first-order chi connectivity index (χ1) is 15.9. The summed E-state index contributed by atoms with van der Waals surface area (Å²) < 4.78 is 0. The molecular formula is C28H27N3O2. The summed E-state index contributed by atoms with van der Waals surface area (Å²) in [6, 6.07) is 21.0. The van der Waals surface area contributed by atoms with E-state index in [0.29, 0.717) is 11.4 Å². The van der Waals surface area contributed by atoms with Crippen molar-refractivity contribution >= 4 is 34.5 Å². The number of allylic oxidation sites excluding steroid dienone is 1. The second-order valence-corrected chi connectivity index (χ2v) is 8.31. The molecule has 0 aliphatic heterocycles. The zero-order chi connectivity index (χ0) is 23.4. The van der Waals surface area contributed by atoms with Crippen LogP contribution < -0.4 is 5.32 Å². The van der Waals surface area contributed by atoms with Crippen molar-refractivity contribution in [3.05, 3.63) is 101 Å². The lowest BCUT2D eigenvalue weighted by Gasteiger charge is -2.13. The lowest BCUT2D eigenvalue weighted by molar-refractivity contribution is 0.102. The molecule has 166 valence electrons. The number of para-hydroxylation sites is 2. The number of fused-ring (bicyclic) bond motifs is 1. The third-order valence-corrected chi connectivity index (χ3v) is 5.60. The quantitative estimate of drug-likeness (QED) is 0.260. The van der Waals surface area contributed by atoms with Gasteiger partial charge in [0.1, 0.15) is 0 Å². The van der Waals surface area contributed by atoms with Crippen LogP contribution >= 0.6 is 0 Å². The van der Waals surface area contributed by atoms with E-state index in [4.69, 9.17) is 0 Å². The van der Waals surface area contributed by atoms with Crippen molar-refractivity contribution in [2.24, 2.45) is 0 Å². The van der Waals surface area contributed by atoms with Gasteiger partial charge in [0.25, 0.3) is 5.91 Å². The van der Waals surface area contributed by atoms with E-state index < -0.39 is 0 Å². The van der Waals surface area contributed by atoms with Gasteiger partial charge in [0.2, 0.25) is 5.78 Å². The molecule has 1 amide bonds. The number of amides is 1. The average Bonchev–Trinajstić information content (AvgIpc) is 3.27. The van der Waals surface area contributed by atoms with Gasteiger partial charge in [0.15, 0.2) is 5.82 Å². The Bertz CT molecular complexity index is 1320. The van der Waals surface area contributed by atoms with E-state index in [1.807, 2.05) is 60.7 Å². The van der Waals surface area contributed by atoms with Gasteiger partial charge in [-0.3, -0.25) is 9.59 Å². The predicted octanol–water partition coefficient (Wildman–Crippen LogP) is 6.40. The maximum atomic E-state index is 12.8. The fraction of sp³-hybridized carbons (Fsp3) is 0.179. The minimum Gasteiger partial charge on any atom is -0.335 e. The molecule has 0 unspecified atom stereocenters. The average molecular weight is 438 g/mol. The molecule has 0 aliphatic rings. The number of aromatic amines is 1. The van der Waals surface area contributed by atoms with Crippen LogP contribution in [0.4, 0.5) is 5.69 Å². The Morgan fingerprint density at radius 1 is 1.03 bits per heavy atom. The van der Waals surface area contributed by atoms with E-state index in [9.17, 15) is 9.59 Å². The molecule has 2 N–H and O–H groups in total. The van der Waals surface area contributed by atoms with Crippen LogP contribution in [0.1, 0.15) is 64.4 Å². The Labute approximate surface area is 193 Å². The number of aromatic nitrogens is 2. The first kappa shape index (κ1) is 22.2. The van der Waals surface area contributed by atoms with Crippen molar-refractivity contribution in [1.29, 1.82) is 0 Å². The molecule has 4 rings (SSSR count). The second-order valence-electron chi connectivity index (χ2n) is 8.31. The standard InChI is InChI=1S/C28H27N3O2/c1-4-19-8-7-9-22(16-19)29-28(33)21-13-12-20(23(17-21)18(2)3)14-15-26(32)27-30-24-10-5-6-11-25(24)31-27/h5-18H,4H2,1-3H3,(H,29,33)(H,30,31). The monoisotopic (exact) mass is 437 g/mol. The highest BCUT2D eigenvalue weighted by Gasteiger charge is 2.13. The molecule has 3 aromatic carbocycles. The van der Waals surface area contributed by atoms with E-state index in [1.54, 1.807) is 12.1 Å². The molecule has 5 nitrogen and oxygen atoms in total. The summed E-state index contributed by atoms with van der Waals surface area (Å²) in [5, 5.41) is 2.98. The van der Waals surface area contributed by atoms with Gasteiger partial charge in [-0.15, -0.1) is 0 Å². The highest BCUT2D eigenvalue weighted by molar-refractivity contribution is 6.06. The van der Waals surface area contributed by atoms with Gasteiger partial charge in [-0.25, -0.2) is 4.98 Å². The number of nitrogens with one attached hydrogen (secondary N) is 2. The molecule has 0 saturated heterocycles. The number of hydrogen-bond acceptors (Lipinski definition) is 3. The van der Waals surface area contributed by atoms with Gasteiger partial charge < -0.3 is 10.3 Å². The summed E-state index contributed by atoms with van der Waals surface area (Å²) in [6.45, 7) is 6.22. The third kappa shape index (κ3) is 5.09. The van der Waals surface area contributed by atoms with Crippen LogP contribution in [-0.2, 0) is 6.42 Å². The number of hydrogen-bond donors (Lipinski definition) is 2. The molecule has 33 heavy (non-hydrogen) atoms. The highest BCUT2D eigenvalue weighted by atomic mass is 16.1. The minimum absolute atomic E-state index is 0.154. The Balaban J connectivity index is 1.55. The molecule has 0 radical (unpaired) electrons. The fourth-order valence-corrected chi connectivity index (χ4v) is 3.75. The van der Waals surface area contributed by atoms with Crippen molar-refractivity contribution < 1.29 is 9.59 Å². The van der Waals surface area contributed by atoms with Crippen LogP contribution in [0.25, 0.3) is 17.1 Å². The number of rotatable bonds is 7. The Morgan fingerprint density at radius 2 is 1.85 bits per heavy atom. The number of aryl methyl sites for hydroxylation is 1. The zero-order valence-electron chi connectivity index (χ0n) is 19.1. The molecular weight excluding hydrogens is 410 g/mol. The number of carbonyl (C=O) groups is 2. The Hall–Kier alpha value is -3.99. The molecule has 0 fully saturated rings. The maximum Gasteiger partial charge on any atom is 0.255 e. The van der Waals surface area contributed by atoms with Crippen molar-refractivity contribution in [3.63, 3.8) is 0 Å². The molecule has 0 atom stereocenters. The summed E-state index contributed by atoms with van der Waals surface area (Å²) in [5.74, 6) is 0.142. The van der Waals surface area contributed by atoms with Gasteiger partial charge in [-0.2, -0.15) is 0 Å². The lowest BCUT2D eigenvalue weighted by atomic mass is 9.94. The van der Waals surface area contributed by atoms with E-state index in [2.05, 4.69) is 36.1 Å². The fourth-order valence-electron chi connectivity index (χ4n) is 3.75. The second kappa shape index (κ2) is 9.65. The van der Waals surface area contributed by atoms with E-state index in [0.717, 1.165) is 34.3 Å². The van der Waals surface area contributed by atoms with Crippen LogP contribution in [0, 0.1) is 0 Å². The number of imidazole rings is 1. The van der Waals surface area contributed by atoms with Crippen LogP contribution in [-0.4, -0.2) is 21.7 Å². The number of benzene rings is 3. The van der Waals surface area contributed by atoms with Crippen LogP contribution in [0.5, 0.6) is 0 Å².